The number of hydrogen-bond donors (Lipinski definition) is 1. The molecule has 1 aromatic rings. The van der Waals surface area contributed by atoms with Crippen LogP contribution in [-0.4, -0.2) is 65.1 Å². The summed E-state index contributed by atoms with van der Waals surface area (Å²) in [6.45, 7) is 7.55. The summed E-state index contributed by atoms with van der Waals surface area (Å²) in [6.07, 6.45) is -0.556. The van der Waals surface area contributed by atoms with Crippen molar-refractivity contribution in [1.29, 1.82) is 0 Å². The summed E-state index contributed by atoms with van der Waals surface area (Å²) in [5.41, 5.74) is 0.993. The largest absolute Gasteiger partial charge is 0.481 e. The Kier molecular flexibility index (Phi) is 5.60. The zero-order valence-corrected chi connectivity index (χ0v) is 13.9. The van der Waals surface area contributed by atoms with Gasteiger partial charge in [0.25, 0.3) is 5.91 Å². The van der Waals surface area contributed by atoms with Crippen LogP contribution in [0, 0.1) is 6.92 Å². The molecule has 2 rings (SSSR count). The van der Waals surface area contributed by atoms with E-state index >= 15 is 0 Å². The highest BCUT2D eigenvalue weighted by Gasteiger charge is 2.29. The van der Waals surface area contributed by atoms with Gasteiger partial charge in [-0.25, -0.2) is 0 Å². The molecule has 6 heteroatoms. The van der Waals surface area contributed by atoms with Crippen molar-refractivity contribution in [3.63, 3.8) is 0 Å². The Hall–Kier alpha value is -2.08. The van der Waals surface area contributed by atoms with Crippen LogP contribution in [0.2, 0.25) is 0 Å². The Labute approximate surface area is 136 Å². The normalized spacial score (nSPS) is 18.3. The predicted molar refractivity (Wildman–Crippen MR) is 86.5 cm³/mol. The van der Waals surface area contributed by atoms with E-state index < -0.39 is 18.1 Å². The van der Waals surface area contributed by atoms with E-state index in [0.29, 0.717) is 31.9 Å². The number of aliphatic carboxylic acids is 1. The molecule has 2 atom stereocenters. The average molecular weight is 320 g/mol. The van der Waals surface area contributed by atoms with Crippen molar-refractivity contribution in [2.45, 2.75) is 32.9 Å². The van der Waals surface area contributed by atoms with Gasteiger partial charge in [-0.05, 0) is 32.4 Å². The molecule has 0 aliphatic carbocycles. The molecule has 0 aromatic heterocycles. The van der Waals surface area contributed by atoms with Gasteiger partial charge in [0.05, 0.1) is 0 Å². The molecule has 1 aromatic carbocycles. The number of piperazine rings is 1. The Morgan fingerprint density at radius 2 is 1.74 bits per heavy atom. The first kappa shape index (κ1) is 17.3. The van der Waals surface area contributed by atoms with E-state index in [0.717, 1.165) is 5.56 Å². The summed E-state index contributed by atoms with van der Waals surface area (Å²) in [6, 6.07) is 7.08. The number of hydrogen-bond acceptors (Lipinski definition) is 4. The van der Waals surface area contributed by atoms with E-state index in [1.807, 2.05) is 36.1 Å². The number of carboxylic acid groups (broad SMARTS) is 1. The SMILES string of the molecule is Cc1ccccc1O[C@H](C)C(=O)N1CCN([C@H](C)C(=O)O)CC1. The molecule has 0 spiro atoms. The summed E-state index contributed by atoms with van der Waals surface area (Å²) in [5.74, 6) is -0.177. The van der Waals surface area contributed by atoms with Crippen LogP contribution in [-0.2, 0) is 9.59 Å². The number of carboxylic acids is 1. The van der Waals surface area contributed by atoms with Gasteiger partial charge < -0.3 is 14.7 Å². The van der Waals surface area contributed by atoms with E-state index in [1.165, 1.54) is 0 Å². The monoisotopic (exact) mass is 320 g/mol. The number of nitrogens with zero attached hydrogens (tertiary/aromatic N) is 2. The van der Waals surface area contributed by atoms with Crippen molar-refractivity contribution in [2.75, 3.05) is 26.2 Å². The van der Waals surface area contributed by atoms with Crippen molar-refractivity contribution in [3.05, 3.63) is 29.8 Å². The summed E-state index contributed by atoms with van der Waals surface area (Å²) in [5, 5.41) is 9.05. The van der Waals surface area contributed by atoms with E-state index in [1.54, 1.807) is 18.7 Å². The Morgan fingerprint density at radius 1 is 1.13 bits per heavy atom. The number of ether oxygens (including phenoxy) is 1. The minimum Gasteiger partial charge on any atom is -0.481 e. The molecule has 1 fully saturated rings. The summed E-state index contributed by atoms with van der Waals surface area (Å²) in [4.78, 5) is 27.1. The first-order valence-electron chi connectivity index (χ1n) is 7.88. The highest BCUT2D eigenvalue weighted by molar-refractivity contribution is 5.81. The fraction of sp³-hybridized carbons (Fsp3) is 0.529. The van der Waals surface area contributed by atoms with Gasteiger partial charge in [-0.15, -0.1) is 0 Å². The standard InChI is InChI=1S/C17H24N2O4/c1-12-6-4-5-7-15(12)23-14(3)16(20)19-10-8-18(9-11-19)13(2)17(21)22/h4-7,13-14H,8-11H2,1-3H3,(H,21,22)/t13-,14-/m1/s1. The molecule has 6 nitrogen and oxygen atoms in total. The quantitative estimate of drug-likeness (QED) is 0.887. The number of amides is 1. The van der Waals surface area contributed by atoms with Gasteiger partial charge in [0.2, 0.25) is 0 Å². The van der Waals surface area contributed by atoms with Gasteiger partial charge in [0, 0.05) is 26.2 Å². The van der Waals surface area contributed by atoms with Crippen molar-refractivity contribution < 1.29 is 19.4 Å². The van der Waals surface area contributed by atoms with E-state index in [4.69, 9.17) is 9.84 Å². The summed E-state index contributed by atoms with van der Waals surface area (Å²) < 4.78 is 5.77. The number of aryl methyl sites for hydroxylation is 1. The van der Waals surface area contributed by atoms with Gasteiger partial charge in [-0.3, -0.25) is 14.5 Å². The smallest absolute Gasteiger partial charge is 0.320 e. The third-order valence-corrected chi connectivity index (χ3v) is 4.28. The molecule has 0 bridgehead atoms. The van der Waals surface area contributed by atoms with Crippen LogP contribution in [0.3, 0.4) is 0 Å². The predicted octanol–water partition coefficient (Wildman–Crippen LogP) is 1.38. The zero-order valence-electron chi connectivity index (χ0n) is 13.9. The molecule has 1 saturated heterocycles. The number of para-hydroxylation sites is 1. The van der Waals surface area contributed by atoms with Crippen molar-refractivity contribution in [2.24, 2.45) is 0 Å². The van der Waals surface area contributed by atoms with Gasteiger partial charge >= 0.3 is 5.97 Å². The number of rotatable bonds is 5. The molecular weight excluding hydrogens is 296 g/mol. The molecule has 23 heavy (non-hydrogen) atoms. The lowest BCUT2D eigenvalue weighted by Gasteiger charge is -2.37. The molecule has 0 unspecified atom stereocenters. The van der Waals surface area contributed by atoms with Crippen molar-refractivity contribution in [3.8, 4) is 5.75 Å². The highest BCUT2D eigenvalue weighted by Crippen LogP contribution is 2.19. The summed E-state index contributed by atoms with van der Waals surface area (Å²) in [7, 11) is 0. The molecule has 0 radical (unpaired) electrons. The molecule has 1 aliphatic heterocycles. The first-order valence-corrected chi connectivity index (χ1v) is 7.88. The number of carbonyl (C=O) groups is 2. The number of benzene rings is 1. The minimum atomic E-state index is -0.832. The van der Waals surface area contributed by atoms with Gasteiger partial charge in [-0.1, -0.05) is 18.2 Å². The lowest BCUT2D eigenvalue weighted by Crippen LogP contribution is -2.55. The molecule has 1 amide bonds. The Bertz CT molecular complexity index is 567. The van der Waals surface area contributed by atoms with Gasteiger partial charge in [0.1, 0.15) is 11.8 Å². The average Bonchev–Trinajstić information content (AvgIpc) is 2.55. The second kappa shape index (κ2) is 7.46. The Balaban J connectivity index is 1.89. The maximum Gasteiger partial charge on any atom is 0.320 e. The van der Waals surface area contributed by atoms with Crippen LogP contribution in [0.4, 0.5) is 0 Å². The van der Waals surface area contributed by atoms with Crippen LogP contribution in [0.5, 0.6) is 5.75 Å². The topological polar surface area (TPSA) is 70.1 Å². The first-order chi connectivity index (χ1) is 10.9. The maximum absolute atomic E-state index is 12.5. The second-order valence-electron chi connectivity index (χ2n) is 5.90. The molecule has 1 heterocycles. The second-order valence-corrected chi connectivity index (χ2v) is 5.90. The van der Waals surface area contributed by atoms with Crippen molar-refractivity contribution in [1.82, 2.24) is 9.80 Å². The van der Waals surface area contributed by atoms with Crippen LogP contribution >= 0.6 is 0 Å². The van der Waals surface area contributed by atoms with Crippen LogP contribution < -0.4 is 4.74 Å². The number of carbonyl (C=O) groups excluding carboxylic acids is 1. The lowest BCUT2D eigenvalue weighted by molar-refractivity contribution is -0.145. The molecule has 1 aliphatic rings. The maximum atomic E-state index is 12.5. The third-order valence-electron chi connectivity index (χ3n) is 4.28. The Morgan fingerprint density at radius 3 is 2.30 bits per heavy atom. The third kappa shape index (κ3) is 4.22. The highest BCUT2D eigenvalue weighted by atomic mass is 16.5. The van der Waals surface area contributed by atoms with Gasteiger partial charge in [-0.2, -0.15) is 0 Å². The van der Waals surface area contributed by atoms with Crippen LogP contribution in [0.25, 0.3) is 0 Å². The van der Waals surface area contributed by atoms with E-state index in [9.17, 15) is 9.59 Å². The van der Waals surface area contributed by atoms with E-state index in [-0.39, 0.29) is 5.91 Å². The summed E-state index contributed by atoms with van der Waals surface area (Å²) >= 11 is 0. The molecule has 1 N–H and O–H groups in total. The zero-order chi connectivity index (χ0) is 17.0. The molecule has 126 valence electrons. The molecular formula is C17H24N2O4. The minimum absolute atomic E-state index is 0.0594. The fourth-order valence-corrected chi connectivity index (χ4v) is 2.67. The van der Waals surface area contributed by atoms with E-state index in [2.05, 4.69) is 0 Å². The van der Waals surface area contributed by atoms with Crippen molar-refractivity contribution >= 4 is 11.9 Å². The van der Waals surface area contributed by atoms with Crippen LogP contribution in [0.1, 0.15) is 19.4 Å². The van der Waals surface area contributed by atoms with Gasteiger partial charge in [0.15, 0.2) is 6.10 Å². The van der Waals surface area contributed by atoms with Crippen LogP contribution in [0.15, 0.2) is 24.3 Å². The molecule has 0 saturated carbocycles. The lowest BCUT2D eigenvalue weighted by atomic mass is 10.2. The fourth-order valence-electron chi connectivity index (χ4n) is 2.67.